The highest BCUT2D eigenvalue weighted by Gasteiger charge is 2.30. The average Bonchev–Trinajstić information content (AvgIpc) is 2.79. The van der Waals surface area contributed by atoms with Crippen molar-refractivity contribution in [1.29, 1.82) is 0 Å². The molecule has 0 bridgehead atoms. The lowest BCUT2D eigenvalue weighted by atomic mass is 9.81. The lowest BCUT2D eigenvalue weighted by molar-refractivity contribution is -0.127. The van der Waals surface area contributed by atoms with Gasteiger partial charge in [-0.15, -0.1) is 0 Å². The Labute approximate surface area is 110 Å². The van der Waals surface area contributed by atoms with Gasteiger partial charge in [0.1, 0.15) is 5.78 Å². The van der Waals surface area contributed by atoms with E-state index in [1.807, 2.05) is 31.5 Å². The smallest absolute Gasteiger partial charge is 0.145 e. The highest BCUT2D eigenvalue weighted by Crippen LogP contribution is 2.23. The summed E-state index contributed by atoms with van der Waals surface area (Å²) in [5, 5.41) is 4.47. The molecule has 0 saturated heterocycles. The number of Topliss-reactive ketones (excluding diaryl/α,β-unsaturated/α-hetero) is 1. The molecule has 0 aliphatic heterocycles. The fourth-order valence-corrected chi connectivity index (χ4v) is 1.94. The zero-order chi connectivity index (χ0) is 13.8. The van der Waals surface area contributed by atoms with Crippen molar-refractivity contribution in [3.63, 3.8) is 0 Å². The van der Waals surface area contributed by atoms with E-state index in [-0.39, 0.29) is 5.78 Å². The normalized spacial score (nSPS) is 14.5. The Morgan fingerprint density at radius 3 is 2.56 bits per heavy atom. The molecular weight excluding hydrogens is 226 g/mol. The summed E-state index contributed by atoms with van der Waals surface area (Å²) >= 11 is 0. The first kappa shape index (κ1) is 14.9. The molecule has 0 spiro atoms. The lowest BCUT2D eigenvalue weighted by Gasteiger charge is -2.24. The van der Waals surface area contributed by atoms with E-state index in [0.29, 0.717) is 13.0 Å². The number of hydrogen-bond donors (Lipinski definition) is 1. The minimum absolute atomic E-state index is 0.213. The van der Waals surface area contributed by atoms with E-state index in [9.17, 15) is 4.79 Å². The van der Waals surface area contributed by atoms with Crippen LogP contribution < -0.4 is 5.73 Å². The van der Waals surface area contributed by atoms with Gasteiger partial charge in [-0.1, -0.05) is 20.8 Å². The topological polar surface area (TPSA) is 60.9 Å². The van der Waals surface area contributed by atoms with Crippen LogP contribution in [0.3, 0.4) is 0 Å². The van der Waals surface area contributed by atoms with E-state index in [0.717, 1.165) is 30.8 Å². The SMILES string of the molecule is CCc1cc(CC(=O)C(C)(CC)CN)n(CC)n1. The summed E-state index contributed by atoms with van der Waals surface area (Å²) in [6, 6.07) is 2.04. The number of carbonyl (C=O) groups is 1. The van der Waals surface area contributed by atoms with Crippen LogP contribution >= 0.6 is 0 Å². The van der Waals surface area contributed by atoms with Crippen LogP contribution in [0.25, 0.3) is 0 Å². The molecule has 2 N–H and O–H groups in total. The van der Waals surface area contributed by atoms with Crippen LogP contribution in [-0.4, -0.2) is 22.1 Å². The van der Waals surface area contributed by atoms with Gasteiger partial charge in [0, 0.05) is 30.6 Å². The van der Waals surface area contributed by atoms with Crippen LogP contribution in [-0.2, 0) is 24.2 Å². The molecule has 0 aliphatic carbocycles. The van der Waals surface area contributed by atoms with Gasteiger partial charge in [0.15, 0.2) is 0 Å². The van der Waals surface area contributed by atoms with E-state index in [1.165, 1.54) is 0 Å². The Hall–Kier alpha value is -1.16. The Morgan fingerprint density at radius 2 is 2.11 bits per heavy atom. The van der Waals surface area contributed by atoms with Crippen molar-refractivity contribution in [2.75, 3.05) is 6.54 Å². The minimum Gasteiger partial charge on any atom is -0.329 e. The largest absolute Gasteiger partial charge is 0.329 e. The first-order chi connectivity index (χ1) is 8.50. The summed E-state index contributed by atoms with van der Waals surface area (Å²) < 4.78 is 1.92. The standard InChI is InChI=1S/C14H25N3O/c1-5-11-8-12(17(7-3)16-11)9-13(18)14(4,6-2)10-15/h8H,5-7,9-10,15H2,1-4H3. The number of aromatic nitrogens is 2. The number of carbonyl (C=O) groups excluding carboxylic acids is 1. The van der Waals surface area contributed by atoms with Crippen molar-refractivity contribution in [2.24, 2.45) is 11.1 Å². The fourth-order valence-electron chi connectivity index (χ4n) is 1.94. The third-order valence-corrected chi connectivity index (χ3v) is 3.82. The first-order valence-electron chi connectivity index (χ1n) is 6.79. The highest BCUT2D eigenvalue weighted by molar-refractivity contribution is 5.86. The summed E-state index contributed by atoms with van der Waals surface area (Å²) in [6.45, 7) is 9.28. The summed E-state index contributed by atoms with van der Waals surface area (Å²) in [5.74, 6) is 0.213. The number of aryl methyl sites for hydroxylation is 2. The van der Waals surface area contributed by atoms with E-state index in [2.05, 4.69) is 12.0 Å². The van der Waals surface area contributed by atoms with Crippen LogP contribution in [0, 0.1) is 5.41 Å². The molecule has 0 saturated carbocycles. The van der Waals surface area contributed by atoms with Gasteiger partial charge in [0.2, 0.25) is 0 Å². The maximum absolute atomic E-state index is 12.3. The van der Waals surface area contributed by atoms with Gasteiger partial charge in [-0.25, -0.2) is 0 Å². The molecule has 0 radical (unpaired) electrons. The molecular formula is C14H25N3O. The summed E-state index contributed by atoms with van der Waals surface area (Å²) in [5.41, 5.74) is 7.38. The van der Waals surface area contributed by atoms with Gasteiger partial charge in [0.25, 0.3) is 0 Å². The average molecular weight is 251 g/mol. The van der Waals surface area contributed by atoms with Crippen molar-refractivity contribution in [3.05, 3.63) is 17.5 Å². The maximum Gasteiger partial charge on any atom is 0.145 e. The molecule has 1 aromatic heterocycles. The molecule has 1 rings (SSSR count). The molecule has 0 fully saturated rings. The first-order valence-corrected chi connectivity index (χ1v) is 6.79. The number of ketones is 1. The molecule has 1 atom stereocenters. The van der Waals surface area contributed by atoms with Gasteiger partial charge in [-0.3, -0.25) is 9.48 Å². The van der Waals surface area contributed by atoms with Crippen LogP contribution in [0.15, 0.2) is 6.07 Å². The Bertz CT molecular complexity index is 405. The van der Waals surface area contributed by atoms with Crippen molar-refractivity contribution in [3.8, 4) is 0 Å². The molecule has 1 unspecified atom stereocenters. The second-order valence-corrected chi connectivity index (χ2v) is 5.01. The van der Waals surface area contributed by atoms with Crippen LogP contribution in [0.2, 0.25) is 0 Å². The molecule has 18 heavy (non-hydrogen) atoms. The van der Waals surface area contributed by atoms with Gasteiger partial charge in [-0.05, 0) is 25.8 Å². The van der Waals surface area contributed by atoms with Crippen LogP contribution in [0.4, 0.5) is 0 Å². The van der Waals surface area contributed by atoms with Crippen LogP contribution in [0.5, 0.6) is 0 Å². The molecule has 4 nitrogen and oxygen atoms in total. The third kappa shape index (κ3) is 2.99. The van der Waals surface area contributed by atoms with E-state index in [1.54, 1.807) is 0 Å². The summed E-state index contributed by atoms with van der Waals surface area (Å²) in [4.78, 5) is 12.3. The number of hydrogen-bond acceptors (Lipinski definition) is 3. The molecule has 102 valence electrons. The maximum atomic E-state index is 12.3. The molecule has 0 amide bonds. The van der Waals surface area contributed by atoms with Crippen molar-refractivity contribution in [2.45, 2.75) is 53.5 Å². The van der Waals surface area contributed by atoms with E-state index < -0.39 is 5.41 Å². The molecule has 0 aliphatic rings. The number of nitrogens with two attached hydrogens (primary N) is 1. The zero-order valence-corrected chi connectivity index (χ0v) is 12.0. The predicted molar refractivity (Wildman–Crippen MR) is 73.4 cm³/mol. The summed E-state index contributed by atoms with van der Waals surface area (Å²) in [6.07, 6.45) is 2.11. The predicted octanol–water partition coefficient (Wildman–Crippen LogP) is 1.95. The molecule has 1 aromatic rings. The highest BCUT2D eigenvalue weighted by atomic mass is 16.1. The van der Waals surface area contributed by atoms with Crippen molar-refractivity contribution in [1.82, 2.24) is 9.78 Å². The Kier molecular flexibility index (Phi) is 5.08. The monoisotopic (exact) mass is 251 g/mol. The molecule has 0 aromatic carbocycles. The lowest BCUT2D eigenvalue weighted by Crippen LogP contribution is -2.36. The molecule has 4 heteroatoms. The number of nitrogens with zero attached hydrogens (tertiary/aromatic N) is 2. The zero-order valence-electron chi connectivity index (χ0n) is 12.0. The minimum atomic E-state index is -0.408. The fraction of sp³-hybridized carbons (Fsp3) is 0.714. The van der Waals surface area contributed by atoms with Gasteiger partial charge in [-0.2, -0.15) is 5.10 Å². The third-order valence-electron chi connectivity index (χ3n) is 3.82. The van der Waals surface area contributed by atoms with Crippen LogP contribution in [0.1, 0.15) is 45.5 Å². The van der Waals surface area contributed by atoms with E-state index >= 15 is 0 Å². The Balaban J connectivity index is 2.90. The quantitative estimate of drug-likeness (QED) is 0.805. The van der Waals surface area contributed by atoms with E-state index in [4.69, 9.17) is 5.73 Å². The Morgan fingerprint density at radius 1 is 1.44 bits per heavy atom. The van der Waals surface area contributed by atoms with Gasteiger partial charge < -0.3 is 5.73 Å². The van der Waals surface area contributed by atoms with Crippen molar-refractivity contribution < 1.29 is 4.79 Å². The van der Waals surface area contributed by atoms with Gasteiger partial charge >= 0.3 is 0 Å². The molecule has 1 heterocycles. The second kappa shape index (κ2) is 6.14. The van der Waals surface area contributed by atoms with Crippen molar-refractivity contribution >= 4 is 5.78 Å². The number of rotatable bonds is 7. The van der Waals surface area contributed by atoms with Gasteiger partial charge in [0.05, 0.1) is 5.69 Å². The summed E-state index contributed by atoms with van der Waals surface area (Å²) in [7, 11) is 0. The second-order valence-electron chi connectivity index (χ2n) is 5.01.